The number of amides is 1. The number of nitrogens with zero attached hydrogens (tertiary/aromatic N) is 2. The van der Waals surface area contributed by atoms with Crippen molar-refractivity contribution in [3.8, 4) is 0 Å². The molecule has 0 atom stereocenters. The van der Waals surface area contributed by atoms with Crippen LogP contribution in [0, 0.1) is 0 Å². The molecule has 0 fully saturated rings. The van der Waals surface area contributed by atoms with Gasteiger partial charge in [0.1, 0.15) is 5.82 Å². The van der Waals surface area contributed by atoms with Gasteiger partial charge in [-0.1, -0.05) is 23.2 Å². The minimum Gasteiger partial charge on any atom is -0.340 e. The van der Waals surface area contributed by atoms with E-state index in [0.29, 0.717) is 27.5 Å². The average Bonchev–Trinajstić information content (AvgIpc) is 2.59. The van der Waals surface area contributed by atoms with Crippen LogP contribution in [0.2, 0.25) is 10.0 Å². The van der Waals surface area contributed by atoms with Crippen LogP contribution in [0.3, 0.4) is 0 Å². The fourth-order valence-corrected chi connectivity index (χ4v) is 2.64. The molecule has 0 saturated carbocycles. The smallest absolute Gasteiger partial charge is 0.229 e. The lowest BCUT2D eigenvalue weighted by Crippen LogP contribution is -2.05. The van der Waals surface area contributed by atoms with Gasteiger partial charge in [0, 0.05) is 29.5 Å². The maximum absolute atomic E-state index is 11.1. The minimum atomic E-state index is -0.113. The van der Waals surface area contributed by atoms with E-state index in [1.54, 1.807) is 42.6 Å². The summed E-state index contributed by atoms with van der Waals surface area (Å²) in [6.07, 6.45) is 1.63. The third kappa shape index (κ3) is 4.84. The molecule has 26 heavy (non-hydrogen) atoms. The maximum atomic E-state index is 11.1. The van der Waals surface area contributed by atoms with Crippen molar-refractivity contribution in [1.82, 2.24) is 9.97 Å². The van der Waals surface area contributed by atoms with Crippen LogP contribution in [0.5, 0.6) is 0 Å². The van der Waals surface area contributed by atoms with E-state index < -0.39 is 0 Å². The van der Waals surface area contributed by atoms with Gasteiger partial charge >= 0.3 is 0 Å². The molecule has 0 radical (unpaired) electrons. The molecule has 0 aliphatic carbocycles. The van der Waals surface area contributed by atoms with Gasteiger partial charge in [-0.3, -0.25) is 4.79 Å². The Morgan fingerprint density at radius 2 is 1.69 bits per heavy atom. The molecule has 1 amide bonds. The second kappa shape index (κ2) is 8.03. The first-order valence-electron chi connectivity index (χ1n) is 7.69. The predicted octanol–water partition coefficient (Wildman–Crippen LogP) is 5.23. The maximum Gasteiger partial charge on any atom is 0.229 e. The Bertz CT molecular complexity index is 931. The lowest BCUT2D eigenvalue weighted by Gasteiger charge is -2.10. The number of nitrogens with one attached hydrogen (secondary N) is 3. The summed E-state index contributed by atoms with van der Waals surface area (Å²) < 4.78 is 0. The van der Waals surface area contributed by atoms with Crippen LogP contribution in [0.1, 0.15) is 6.92 Å². The van der Waals surface area contributed by atoms with Crippen molar-refractivity contribution < 1.29 is 4.79 Å². The largest absolute Gasteiger partial charge is 0.340 e. The summed E-state index contributed by atoms with van der Waals surface area (Å²) in [5, 5.41) is 9.98. The Morgan fingerprint density at radius 3 is 2.38 bits per heavy atom. The van der Waals surface area contributed by atoms with Gasteiger partial charge in [0.15, 0.2) is 0 Å². The second-order valence-corrected chi connectivity index (χ2v) is 6.24. The monoisotopic (exact) mass is 387 g/mol. The average molecular weight is 388 g/mol. The molecule has 132 valence electrons. The molecule has 3 N–H and O–H groups in total. The van der Waals surface area contributed by atoms with Crippen molar-refractivity contribution in [1.29, 1.82) is 0 Å². The fraction of sp³-hybridized carbons (Fsp3) is 0.0556. The van der Waals surface area contributed by atoms with E-state index >= 15 is 0 Å². The quantitative estimate of drug-likeness (QED) is 0.558. The molecule has 0 unspecified atom stereocenters. The van der Waals surface area contributed by atoms with Crippen molar-refractivity contribution in [2.45, 2.75) is 6.92 Å². The summed E-state index contributed by atoms with van der Waals surface area (Å²) in [6, 6.07) is 14.2. The highest BCUT2D eigenvalue weighted by Gasteiger charge is 2.05. The summed E-state index contributed by atoms with van der Waals surface area (Å²) in [7, 11) is 0. The molecule has 3 aromatic rings. The van der Waals surface area contributed by atoms with E-state index in [9.17, 15) is 4.79 Å². The lowest BCUT2D eigenvalue weighted by atomic mass is 10.2. The number of hydrogen-bond donors (Lipinski definition) is 3. The highest BCUT2D eigenvalue weighted by atomic mass is 35.5. The Hall–Kier alpha value is -2.83. The first kappa shape index (κ1) is 18.0. The molecule has 2 aromatic carbocycles. The first-order chi connectivity index (χ1) is 12.5. The predicted molar refractivity (Wildman–Crippen MR) is 106 cm³/mol. The number of carbonyl (C=O) groups is 1. The summed E-state index contributed by atoms with van der Waals surface area (Å²) in [6.45, 7) is 1.47. The molecule has 3 rings (SSSR count). The molecule has 0 bridgehead atoms. The van der Waals surface area contributed by atoms with Crippen LogP contribution < -0.4 is 16.0 Å². The number of carbonyl (C=O) groups excluding carboxylic acids is 1. The van der Waals surface area contributed by atoms with E-state index in [2.05, 4.69) is 25.9 Å². The lowest BCUT2D eigenvalue weighted by molar-refractivity contribution is -0.114. The zero-order valence-corrected chi connectivity index (χ0v) is 15.3. The summed E-state index contributed by atoms with van der Waals surface area (Å²) in [5.74, 6) is 0.895. The van der Waals surface area contributed by atoms with Crippen molar-refractivity contribution in [2.75, 3.05) is 16.0 Å². The van der Waals surface area contributed by atoms with E-state index in [1.165, 1.54) is 6.92 Å². The third-order valence-electron chi connectivity index (χ3n) is 3.31. The Balaban J connectivity index is 1.72. The number of rotatable bonds is 5. The van der Waals surface area contributed by atoms with Crippen LogP contribution in [0.15, 0.2) is 54.7 Å². The highest BCUT2D eigenvalue weighted by molar-refractivity contribution is 6.36. The fourth-order valence-electron chi connectivity index (χ4n) is 2.19. The van der Waals surface area contributed by atoms with Crippen molar-refractivity contribution >= 4 is 57.9 Å². The normalized spacial score (nSPS) is 10.3. The van der Waals surface area contributed by atoms with Gasteiger partial charge < -0.3 is 16.0 Å². The third-order valence-corrected chi connectivity index (χ3v) is 3.86. The molecule has 1 aromatic heterocycles. The van der Waals surface area contributed by atoms with Crippen LogP contribution in [0.4, 0.5) is 28.8 Å². The Morgan fingerprint density at radius 1 is 0.962 bits per heavy atom. The Kier molecular flexibility index (Phi) is 5.55. The molecule has 8 heteroatoms. The molecule has 0 spiro atoms. The van der Waals surface area contributed by atoms with Crippen LogP contribution in [0.25, 0.3) is 0 Å². The number of aromatic nitrogens is 2. The molecule has 0 aliphatic heterocycles. The van der Waals surface area contributed by atoms with Gasteiger partial charge in [0.2, 0.25) is 11.9 Å². The number of halogens is 2. The van der Waals surface area contributed by atoms with Crippen molar-refractivity contribution in [2.24, 2.45) is 0 Å². The SMILES string of the molecule is CC(=O)Nc1ccc(Nc2ccnc(Nc3ccc(Cl)cc3Cl)n2)cc1. The molecule has 6 nitrogen and oxygen atoms in total. The van der Waals surface area contributed by atoms with Crippen LogP contribution >= 0.6 is 23.2 Å². The minimum absolute atomic E-state index is 0.113. The number of anilines is 5. The topological polar surface area (TPSA) is 78.9 Å². The van der Waals surface area contributed by atoms with Gasteiger partial charge in [-0.15, -0.1) is 0 Å². The Labute approximate surface area is 160 Å². The van der Waals surface area contributed by atoms with Crippen LogP contribution in [-0.4, -0.2) is 15.9 Å². The van der Waals surface area contributed by atoms with Crippen LogP contribution in [-0.2, 0) is 4.79 Å². The molecular weight excluding hydrogens is 373 g/mol. The van der Waals surface area contributed by atoms with Gasteiger partial charge in [-0.25, -0.2) is 4.98 Å². The van der Waals surface area contributed by atoms with E-state index in [4.69, 9.17) is 23.2 Å². The van der Waals surface area contributed by atoms with E-state index in [-0.39, 0.29) is 5.91 Å². The van der Waals surface area contributed by atoms with Crippen molar-refractivity contribution in [3.63, 3.8) is 0 Å². The summed E-state index contributed by atoms with van der Waals surface area (Å²) >= 11 is 12.0. The molecular formula is C18H15Cl2N5O. The first-order valence-corrected chi connectivity index (χ1v) is 8.45. The van der Waals surface area contributed by atoms with Gasteiger partial charge in [-0.05, 0) is 48.5 Å². The summed E-state index contributed by atoms with van der Waals surface area (Å²) in [4.78, 5) is 19.6. The molecule has 1 heterocycles. The number of hydrogen-bond acceptors (Lipinski definition) is 5. The van der Waals surface area contributed by atoms with Crippen molar-refractivity contribution in [3.05, 3.63) is 64.8 Å². The molecule has 0 saturated heterocycles. The molecule has 0 aliphatic rings. The zero-order chi connectivity index (χ0) is 18.5. The van der Waals surface area contributed by atoms with E-state index in [0.717, 1.165) is 11.4 Å². The van der Waals surface area contributed by atoms with Gasteiger partial charge in [0.05, 0.1) is 10.7 Å². The number of benzene rings is 2. The van der Waals surface area contributed by atoms with Gasteiger partial charge in [-0.2, -0.15) is 4.98 Å². The highest BCUT2D eigenvalue weighted by Crippen LogP contribution is 2.27. The van der Waals surface area contributed by atoms with E-state index in [1.807, 2.05) is 12.1 Å². The summed E-state index contributed by atoms with van der Waals surface area (Å²) in [5.41, 5.74) is 2.21. The standard InChI is InChI=1S/C18H15Cl2N5O/c1-11(26)22-13-3-5-14(6-4-13)23-17-8-9-21-18(25-17)24-16-7-2-12(19)10-15(16)20/h2-10H,1H3,(H,22,26)(H2,21,23,24,25). The zero-order valence-electron chi connectivity index (χ0n) is 13.8. The second-order valence-electron chi connectivity index (χ2n) is 5.40. The van der Waals surface area contributed by atoms with Gasteiger partial charge in [0.25, 0.3) is 0 Å².